The first-order valence-electron chi connectivity index (χ1n) is 7.58. The molecule has 0 aromatic carbocycles. The van der Waals surface area contributed by atoms with Crippen LogP contribution in [0.25, 0.3) is 0 Å². The van der Waals surface area contributed by atoms with Gasteiger partial charge < -0.3 is 10.6 Å². The fourth-order valence-electron chi connectivity index (χ4n) is 3.43. The topological polar surface area (TPSA) is 46.3 Å². The van der Waals surface area contributed by atoms with E-state index in [-0.39, 0.29) is 10.8 Å². The van der Waals surface area contributed by atoms with E-state index in [4.69, 9.17) is 5.73 Å². The molecule has 1 aliphatic carbocycles. The molecular weight excluding hydrogens is 236 g/mol. The largest absolute Gasteiger partial charge is 0.338 e. The number of carbonyl (C=O) groups excluding carboxylic acids is 1. The predicted molar refractivity (Wildman–Crippen MR) is 78.7 cm³/mol. The molecule has 0 aromatic heterocycles. The van der Waals surface area contributed by atoms with Crippen molar-refractivity contribution in [3.05, 3.63) is 11.6 Å². The molecule has 1 amide bonds. The molecule has 2 aliphatic rings. The van der Waals surface area contributed by atoms with Crippen LogP contribution in [0.4, 0.5) is 0 Å². The smallest absolute Gasteiger partial charge is 0.230 e. The van der Waals surface area contributed by atoms with Gasteiger partial charge in [0.25, 0.3) is 0 Å². The number of carbonyl (C=O) groups is 1. The molecule has 108 valence electrons. The van der Waals surface area contributed by atoms with Crippen LogP contribution in [-0.4, -0.2) is 30.4 Å². The summed E-state index contributed by atoms with van der Waals surface area (Å²) in [4.78, 5) is 14.7. The van der Waals surface area contributed by atoms with Crippen LogP contribution in [0.3, 0.4) is 0 Å². The molecule has 1 fully saturated rings. The molecule has 3 nitrogen and oxygen atoms in total. The first-order chi connectivity index (χ1) is 8.89. The second-order valence-electron chi connectivity index (χ2n) is 7.17. The van der Waals surface area contributed by atoms with Crippen LogP contribution in [0.15, 0.2) is 11.6 Å². The van der Waals surface area contributed by atoms with Gasteiger partial charge in [0.1, 0.15) is 0 Å². The van der Waals surface area contributed by atoms with Crippen molar-refractivity contribution in [3.8, 4) is 0 Å². The quantitative estimate of drug-likeness (QED) is 0.779. The third kappa shape index (κ3) is 2.86. The average Bonchev–Trinajstić information content (AvgIpc) is 2.87. The van der Waals surface area contributed by atoms with E-state index in [1.54, 1.807) is 0 Å². The number of nitrogens with zero attached hydrogens (tertiary/aromatic N) is 1. The molecule has 19 heavy (non-hydrogen) atoms. The summed E-state index contributed by atoms with van der Waals surface area (Å²) >= 11 is 0. The Bertz CT molecular complexity index is 373. The molecule has 0 bridgehead atoms. The van der Waals surface area contributed by atoms with E-state index in [1.165, 1.54) is 5.57 Å². The molecule has 0 spiro atoms. The van der Waals surface area contributed by atoms with Gasteiger partial charge in [0.05, 0.1) is 5.41 Å². The highest BCUT2D eigenvalue weighted by atomic mass is 16.2. The van der Waals surface area contributed by atoms with Crippen LogP contribution in [0.5, 0.6) is 0 Å². The second-order valence-corrected chi connectivity index (χ2v) is 7.17. The summed E-state index contributed by atoms with van der Waals surface area (Å²) in [6, 6.07) is 0. The lowest BCUT2D eigenvalue weighted by molar-refractivity contribution is -0.141. The van der Waals surface area contributed by atoms with Gasteiger partial charge in [-0.1, -0.05) is 45.3 Å². The molecule has 1 aliphatic heterocycles. The van der Waals surface area contributed by atoms with E-state index < -0.39 is 0 Å². The summed E-state index contributed by atoms with van der Waals surface area (Å²) in [5.74, 6) is 0.303. The van der Waals surface area contributed by atoms with E-state index in [9.17, 15) is 4.79 Å². The number of hydrogen-bond acceptors (Lipinski definition) is 2. The summed E-state index contributed by atoms with van der Waals surface area (Å²) in [5.41, 5.74) is 7.37. The summed E-state index contributed by atoms with van der Waals surface area (Å²) in [5, 5.41) is 0. The highest BCUT2D eigenvalue weighted by molar-refractivity contribution is 5.83. The molecule has 2 N–H and O–H groups in total. The maximum absolute atomic E-state index is 12.7. The van der Waals surface area contributed by atoms with Gasteiger partial charge in [-0.05, 0) is 24.7 Å². The molecule has 0 unspecified atom stereocenters. The molecule has 1 saturated carbocycles. The fourth-order valence-corrected chi connectivity index (χ4v) is 3.43. The van der Waals surface area contributed by atoms with Crippen LogP contribution in [0.1, 0.15) is 52.9 Å². The minimum absolute atomic E-state index is 0.230. The molecule has 0 radical (unpaired) electrons. The zero-order valence-corrected chi connectivity index (χ0v) is 12.7. The number of nitrogens with two attached hydrogens (primary N) is 1. The molecule has 0 atom stereocenters. The Morgan fingerprint density at radius 2 is 2.00 bits per heavy atom. The number of hydrogen-bond donors (Lipinski definition) is 1. The summed E-state index contributed by atoms with van der Waals surface area (Å²) in [6.45, 7) is 8.88. The van der Waals surface area contributed by atoms with Crippen molar-refractivity contribution in [1.82, 2.24) is 4.90 Å². The molecule has 0 aromatic rings. The van der Waals surface area contributed by atoms with Gasteiger partial charge in [-0.3, -0.25) is 4.79 Å². The molecule has 1 heterocycles. The van der Waals surface area contributed by atoms with Crippen molar-refractivity contribution in [2.24, 2.45) is 16.6 Å². The SMILES string of the molecule is CC(C)(C)C1=CCN(C(=O)C2(CN)CCCC2)CC1. The van der Waals surface area contributed by atoms with Crippen molar-refractivity contribution in [3.63, 3.8) is 0 Å². The minimum Gasteiger partial charge on any atom is -0.338 e. The van der Waals surface area contributed by atoms with Gasteiger partial charge in [0.15, 0.2) is 0 Å². The van der Waals surface area contributed by atoms with Crippen molar-refractivity contribution in [2.45, 2.75) is 52.9 Å². The van der Waals surface area contributed by atoms with Gasteiger partial charge in [0.2, 0.25) is 5.91 Å². The molecule has 0 saturated heterocycles. The van der Waals surface area contributed by atoms with Gasteiger partial charge in [-0.15, -0.1) is 0 Å². The number of rotatable bonds is 2. The lowest BCUT2D eigenvalue weighted by Crippen LogP contribution is -2.48. The molecule has 3 heteroatoms. The van der Waals surface area contributed by atoms with Crippen LogP contribution < -0.4 is 5.73 Å². The third-order valence-electron chi connectivity index (χ3n) is 4.86. The maximum Gasteiger partial charge on any atom is 0.230 e. The van der Waals surface area contributed by atoms with Crippen molar-refractivity contribution in [2.75, 3.05) is 19.6 Å². The van der Waals surface area contributed by atoms with E-state index in [1.807, 2.05) is 4.90 Å². The Balaban J connectivity index is 2.05. The van der Waals surface area contributed by atoms with E-state index >= 15 is 0 Å². The van der Waals surface area contributed by atoms with Gasteiger partial charge >= 0.3 is 0 Å². The fraction of sp³-hybridized carbons (Fsp3) is 0.812. The van der Waals surface area contributed by atoms with Crippen molar-refractivity contribution in [1.29, 1.82) is 0 Å². The average molecular weight is 264 g/mol. The Hall–Kier alpha value is -0.830. The third-order valence-corrected chi connectivity index (χ3v) is 4.86. The second kappa shape index (κ2) is 5.28. The summed E-state index contributed by atoms with van der Waals surface area (Å²) < 4.78 is 0. The monoisotopic (exact) mass is 264 g/mol. The van der Waals surface area contributed by atoms with Gasteiger partial charge in [0, 0.05) is 19.6 Å². The molecular formula is C16H28N2O. The summed E-state index contributed by atoms with van der Waals surface area (Å²) in [6.07, 6.45) is 7.53. The van der Waals surface area contributed by atoms with E-state index in [0.29, 0.717) is 12.5 Å². The standard InChI is InChI=1S/C16H28N2O/c1-15(2,3)13-6-10-18(11-7-13)14(19)16(12-17)8-4-5-9-16/h6H,4-5,7-12,17H2,1-3H3. The van der Waals surface area contributed by atoms with Crippen LogP contribution >= 0.6 is 0 Å². The van der Waals surface area contributed by atoms with E-state index in [0.717, 1.165) is 45.2 Å². The zero-order chi connectivity index (χ0) is 14.1. The maximum atomic E-state index is 12.7. The normalized spacial score (nSPS) is 23.4. The van der Waals surface area contributed by atoms with Crippen LogP contribution in [0.2, 0.25) is 0 Å². The minimum atomic E-state index is -0.243. The predicted octanol–water partition coefficient (Wildman–Crippen LogP) is 2.71. The lowest BCUT2D eigenvalue weighted by atomic mass is 9.81. The highest BCUT2D eigenvalue weighted by Gasteiger charge is 2.42. The van der Waals surface area contributed by atoms with Crippen LogP contribution in [0, 0.1) is 10.8 Å². The summed E-state index contributed by atoms with van der Waals surface area (Å²) in [7, 11) is 0. The first-order valence-corrected chi connectivity index (χ1v) is 7.58. The first kappa shape index (κ1) is 14.6. The Morgan fingerprint density at radius 3 is 2.42 bits per heavy atom. The number of amides is 1. The lowest BCUT2D eigenvalue weighted by Gasteiger charge is -2.37. The van der Waals surface area contributed by atoms with Gasteiger partial charge in [-0.2, -0.15) is 0 Å². The molecule has 2 rings (SSSR count). The van der Waals surface area contributed by atoms with Crippen LogP contribution in [-0.2, 0) is 4.79 Å². The van der Waals surface area contributed by atoms with E-state index in [2.05, 4.69) is 26.8 Å². The van der Waals surface area contributed by atoms with Crippen molar-refractivity contribution < 1.29 is 4.79 Å². The van der Waals surface area contributed by atoms with Crippen molar-refractivity contribution >= 4 is 5.91 Å². The van der Waals surface area contributed by atoms with Gasteiger partial charge in [-0.25, -0.2) is 0 Å². The Kier molecular flexibility index (Phi) is 4.05. The zero-order valence-electron chi connectivity index (χ0n) is 12.7. The Labute approximate surface area is 117 Å². The Morgan fingerprint density at radius 1 is 1.37 bits per heavy atom. The highest BCUT2D eigenvalue weighted by Crippen LogP contribution is 2.40.